The third-order valence-electron chi connectivity index (χ3n) is 4.08. The van der Waals surface area contributed by atoms with E-state index in [0.717, 1.165) is 17.5 Å². The summed E-state index contributed by atoms with van der Waals surface area (Å²) < 4.78 is 0. The minimum atomic E-state index is -0.361. The molecule has 1 aromatic rings. The second kappa shape index (κ2) is 7.86. The van der Waals surface area contributed by atoms with Gasteiger partial charge in [0, 0.05) is 17.9 Å². The summed E-state index contributed by atoms with van der Waals surface area (Å²) in [6.45, 7) is 8.89. The van der Waals surface area contributed by atoms with Crippen LogP contribution < -0.4 is 5.32 Å². The largest absolute Gasteiger partial charge is 0.354 e. The number of nitrogens with one attached hydrogen (secondary N) is 1. The van der Waals surface area contributed by atoms with Gasteiger partial charge in [0.1, 0.15) is 6.04 Å². The summed E-state index contributed by atoms with van der Waals surface area (Å²) in [6.07, 6.45) is 0.955. The maximum atomic E-state index is 12.8. The second-order valence-electron chi connectivity index (χ2n) is 6.58. The van der Waals surface area contributed by atoms with Crippen LogP contribution in [0.3, 0.4) is 0 Å². The molecule has 1 atom stereocenters. The molecular formula is C18H26N2O2S. The van der Waals surface area contributed by atoms with Crippen molar-refractivity contribution in [1.29, 1.82) is 0 Å². The Labute approximate surface area is 143 Å². The third-order valence-corrected chi connectivity index (χ3v) is 5.09. The quantitative estimate of drug-likeness (QED) is 0.900. The molecule has 0 aliphatic carbocycles. The van der Waals surface area contributed by atoms with E-state index in [0.29, 0.717) is 29.7 Å². The third kappa shape index (κ3) is 4.50. The van der Waals surface area contributed by atoms with Crippen LogP contribution in [0.4, 0.5) is 0 Å². The van der Waals surface area contributed by atoms with Gasteiger partial charge < -0.3 is 10.2 Å². The number of amides is 2. The van der Waals surface area contributed by atoms with Crippen molar-refractivity contribution in [2.24, 2.45) is 5.92 Å². The van der Waals surface area contributed by atoms with E-state index in [-0.39, 0.29) is 17.9 Å². The average Bonchev–Trinajstić information content (AvgIpc) is 2.95. The van der Waals surface area contributed by atoms with E-state index >= 15 is 0 Å². The molecule has 1 saturated heterocycles. The van der Waals surface area contributed by atoms with Gasteiger partial charge in [0.15, 0.2) is 0 Å². The highest BCUT2D eigenvalue weighted by atomic mass is 32.2. The molecule has 1 heterocycles. The smallest absolute Gasteiger partial charge is 0.255 e. The standard InChI is InChI=1S/C18H26N2O2S/c1-12(2)7-8-19-17(21)16-10-23-11-20(16)18(22)15-6-5-13(3)9-14(15)4/h5-6,9,12,16H,7-8,10-11H2,1-4H3,(H,19,21). The minimum Gasteiger partial charge on any atom is -0.354 e. The van der Waals surface area contributed by atoms with E-state index < -0.39 is 0 Å². The number of carbonyl (C=O) groups excluding carboxylic acids is 2. The predicted octanol–water partition coefficient (Wildman–Crippen LogP) is 2.98. The van der Waals surface area contributed by atoms with Gasteiger partial charge in [-0.15, -0.1) is 11.8 Å². The Balaban J connectivity index is 2.05. The average molecular weight is 334 g/mol. The summed E-state index contributed by atoms with van der Waals surface area (Å²) in [5, 5.41) is 2.97. The minimum absolute atomic E-state index is 0.0336. The van der Waals surface area contributed by atoms with Gasteiger partial charge in [0.25, 0.3) is 5.91 Å². The normalized spacial score (nSPS) is 17.6. The number of nitrogens with zero attached hydrogens (tertiary/aromatic N) is 1. The molecule has 4 nitrogen and oxygen atoms in total. The van der Waals surface area contributed by atoms with Crippen LogP contribution in [0.2, 0.25) is 0 Å². The van der Waals surface area contributed by atoms with Crippen molar-refractivity contribution < 1.29 is 9.59 Å². The maximum Gasteiger partial charge on any atom is 0.255 e. The lowest BCUT2D eigenvalue weighted by Gasteiger charge is -2.24. The molecule has 1 aromatic carbocycles. The van der Waals surface area contributed by atoms with Crippen molar-refractivity contribution in [3.05, 3.63) is 34.9 Å². The number of carbonyl (C=O) groups is 2. The molecule has 0 saturated carbocycles. The van der Waals surface area contributed by atoms with Gasteiger partial charge in [-0.25, -0.2) is 0 Å². The molecule has 1 unspecified atom stereocenters. The summed E-state index contributed by atoms with van der Waals surface area (Å²) in [6, 6.07) is 5.46. The maximum absolute atomic E-state index is 12.8. The number of aryl methyl sites for hydroxylation is 2. The van der Waals surface area contributed by atoms with Crippen molar-refractivity contribution in [3.63, 3.8) is 0 Å². The Hall–Kier alpha value is -1.49. The molecular weight excluding hydrogens is 308 g/mol. The zero-order chi connectivity index (χ0) is 17.0. The number of rotatable bonds is 5. The molecule has 23 heavy (non-hydrogen) atoms. The summed E-state index contributed by atoms with van der Waals surface area (Å²) in [5.41, 5.74) is 2.79. The van der Waals surface area contributed by atoms with Gasteiger partial charge in [-0.05, 0) is 37.8 Å². The second-order valence-corrected chi connectivity index (χ2v) is 7.58. The highest BCUT2D eigenvalue weighted by molar-refractivity contribution is 7.99. The van der Waals surface area contributed by atoms with Crippen molar-refractivity contribution in [2.45, 2.75) is 40.2 Å². The first kappa shape index (κ1) is 17.9. The Bertz CT molecular complexity index is 586. The van der Waals surface area contributed by atoms with Crippen molar-refractivity contribution in [3.8, 4) is 0 Å². The van der Waals surface area contributed by atoms with Crippen molar-refractivity contribution in [2.75, 3.05) is 18.2 Å². The molecule has 126 valence electrons. The van der Waals surface area contributed by atoms with Crippen LogP contribution in [0.5, 0.6) is 0 Å². The van der Waals surface area contributed by atoms with Gasteiger partial charge in [-0.1, -0.05) is 31.5 Å². The topological polar surface area (TPSA) is 49.4 Å². The fourth-order valence-corrected chi connectivity index (χ4v) is 3.82. The van der Waals surface area contributed by atoms with Gasteiger partial charge in [0.05, 0.1) is 5.88 Å². The summed E-state index contributed by atoms with van der Waals surface area (Å²) in [7, 11) is 0. The Morgan fingerprint density at radius 1 is 1.35 bits per heavy atom. The van der Waals surface area contributed by atoms with Crippen LogP contribution in [0.1, 0.15) is 41.8 Å². The highest BCUT2D eigenvalue weighted by Gasteiger charge is 2.35. The molecule has 2 rings (SSSR count). The molecule has 0 aromatic heterocycles. The van der Waals surface area contributed by atoms with Crippen molar-refractivity contribution in [1.82, 2.24) is 10.2 Å². The summed E-state index contributed by atoms with van der Waals surface area (Å²) in [4.78, 5) is 26.9. The van der Waals surface area contributed by atoms with E-state index in [9.17, 15) is 9.59 Å². The molecule has 1 aliphatic heterocycles. The lowest BCUT2D eigenvalue weighted by Crippen LogP contribution is -2.47. The van der Waals surface area contributed by atoms with Crippen LogP contribution in [0.15, 0.2) is 18.2 Å². The van der Waals surface area contributed by atoms with Crippen LogP contribution in [0, 0.1) is 19.8 Å². The van der Waals surface area contributed by atoms with E-state index in [2.05, 4.69) is 19.2 Å². The van der Waals surface area contributed by atoms with Crippen LogP contribution in [-0.4, -0.2) is 40.9 Å². The lowest BCUT2D eigenvalue weighted by molar-refractivity contribution is -0.124. The molecule has 1 N–H and O–H groups in total. The van der Waals surface area contributed by atoms with Gasteiger partial charge in [-0.2, -0.15) is 0 Å². The van der Waals surface area contributed by atoms with Crippen LogP contribution in [0.25, 0.3) is 0 Å². The summed E-state index contributed by atoms with van der Waals surface area (Å²) in [5.74, 6) is 1.73. The molecule has 1 aliphatic rings. The van der Waals surface area contributed by atoms with Gasteiger partial charge in [0.2, 0.25) is 5.91 Å². The van der Waals surface area contributed by atoms with Crippen molar-refractivity contribution >= 4 is 23.6 Å². The fraction of sp³-hybridized carbons (Fsp3) is 0.556. The van der Waals surface area contributed by atoms with E-state index in [1.807, 2.05) is 32.0 Å². The zero-order valence-corrected chi connectivity index (χ0v) is 15.2. The van der Waals surface area contributed by atoms with Crippen LogP contribution >= 0.6 is 11.8 Å². The first-order valence-electron chi connectivity index (χ1n) is 8.14. The SMILES string of the molecule is Cc1ccc(C(=O)N2CSCC2C(=O)NCCC(C)C)c(C)c1. The fourth-order valence-electron chi connectivity index (χ4n) is 2.67. The van der Waals surface area contributed by atoms with E-state index in [1.54, 1.807) is 16.7 Å². The van der Waals surface area contributed by atoms with Crippen LogP contribution in [-0.2, 0) is 4.79 Å². The van der Waals surface area contributed by atoms with E-state index in [4.69, 9.17) is 0 Å². The summed E-state index contributed by atoms with van der Waals surface area (Å²) >= 11 is 1.63. The first-order chi connectivity index (χ1) is 10.9. The Kier molecular flexibility index (Phi) is 6.10. The number of benzene rings is 1. The molecule has 0 radical (unpaired) electrons. The first-order valence-corrected chi connectivity index (χ1v) is 9.29. The lowest BCUT2D eigenvalue weighted by atomic mass is 10.0. The van der Waals surface area contributed by atoms with Gasteiger partial charge in [-0.3, -0.25) is 9.59 Å². The van der Waals surface area contributed by atoms with Gasteiger partial charge >= 0.3 is 0 Å². The Morgan fingerprint density at radius 3 is 2.74 bits per heavy atom. The highest BCUT2D eigenvalue weighted by Crippen LogP contribution is 2.24. The molecule has 1 fully saturated rings. The number of hydrogen-bond acceptors (Lipinski definition) is 3. The molecule has 2 amide bonds. The Morgan fingerprint density at radius 2 is 2.09 bits per heavy atom. The predicted molar refractivity (Wildman–Crippen MR) is 95.7 cm³/mol. The molecule has 0 bridgehead atoms. The molecule has 0 spiro atoms. The van der Waals surface area contributed by atoms with E-state index in [1.165, 1.54) is 0 Å². The zero-order valence-electron chi connectivity index (χ0n) is 14.4. The number of thioether (sulfide) groups is 1. The number of hydrogen-bond donors (Lipinski definition) is 1. The molecule has 5 heteroatoms. The monoisotopic (exact) mass is 334 g/mol.